The number of aromatic nitrogens is 3. The molecule has 2 amide bonds. The number of carbonyl (C=O) groups is 2. The fourth-order valence-corrected chi connectivity index (χ4v) is 4.39. The number of hydrogen-bond acceptors (Lipinski definition) is 7. The molecule has 1 fully saturated rings. The Bertz CT molecular complexity index is 1250. The molecule has 0 unspecified atom stereocenters. The molecule has 1 aliphatic rings. The van der Waals surface area contributed by atoms with Crippen LogP contribution in [-0.2, 0) is 4.74 Å². The molecular formula is C23H23Cl2N5O4S. The first-order valence-electron chi connectivity index (χ1n) is 10.7. The number of aryl methyl sites for hydroxylation is 1. The van der Waals surface area contributed by atoms with E-state index in [9.17, 15) is 9.59 Å². The highest BCUT2D eigenvalue weighted by molar-refractivity contribution is 8.00. The van der Waals surface area contributed by atoms with E-state index in [2.05, 4.69) is 20.7 Å². The van der Waals surface area contributed by atoms with Crippen molar-refractivity contribution < 1.29 is 19.1 Å². The van der Waals surface area contributed by atoms with Gasteiger partial charge in [-0.25, -0.2) is 9.67 Å². The predicted octanol–water partition coefficient (Wildman–Crippen LogP) is 4.01. The van der Waals surface area contributed by atoms with Crippen molar-refractivity contribution in [3.63, 3.8) is 0 Å². The van der Waals surface area contributed by atoms with Gasteiger partial charge in [0.05, 0.1) is 22.9 Å². The van der Waals surface area contributed by atoms with E-state index >= 15 is 0 Å². The van der Waals surface area contributed by atoms with Crippen molar-refractivity contribution in [2.45, 2.75) is 13.0 Å². The Balaban J connectivity index is 1.68. The number of pyridine rings is 1. The zero-order chi connectivity index (χ0) is 24.9. The lowest BCUT2D eigenvalue weighted by atomic mass is 10.1. The van der Waals surface area contributed by atoms with Crippen LogP contribution in [0.5, 0.6) is 5.88 Å². The molecule has 4 rings (SSSR count). The second-order valence-electron chi connectivity index (χ2n) is 7.71. The number of anilines is 1. The Morgan fingerprint density at radius 2 is 2.03 bits per heavy atom. The molecule has 9 nitrogen and oxygen atoms in total. The first kappa shape index (κ1) is 25.3. The Labute approximate surface area is 216 Å². The minimum atomic E-state index is -0.520. The molecule has 1 saturated heterocycles. The quantitative estimate of drug-likeness (QED) is 0.398. The van der Waals surface area contributed by atoms with Crippen LogP contribution in [0.3, 0.4) is 0 Å². The Morgan fingerprint density at radius 3 is 2.71 bits per heavy atom. The van der Waals surface area contributed by atoms with Crippen molar-refractivity contribution in [1.82, 2.24) is 20.1 Å². The molecule has 0 radical (unpaired) electrons. The average Bonchev–Trinajstić information content (AvgIpc) is 3.22. The average molecular weight is 536 g/mol. The normalized spacial score (nSPS) is 13.3. The van der Waals surface area contributed by atoms with Crippen LogP contribution in [0.25, 0.3) is 5.82 Å². The molecule has 1 aliphatic heterocycles. The summed E-state index contributed by atoms with van der Waals surface area (Å²) >= 11 is 14.3. The fraction of sp³-hybridized carbons (Fsp3) is 0.304. The van der Waals surface area contributed by atoms with Gasteiger partial charge in [0.1, 0.15) is 11.8 Å². The number of nitrogens with one attached hydrogen (secondary N) is 2. The number of benzene rings is 1. The van der Waals surface area contributed by atoms with Crippen LogP contribution in [0.4, 0.5) is 5.69 Å². The second-order valence-corrected chi connectivity index (χ2v) is 9.63. The van der Waals surface area contributed by atoms with Gasteiger partial charge in [-0.05, 0) is 36.8 Å². The van der Waals surface area contributed by atoms with Crippen molar-refractivity contribution in [3.8, 4) is 11.7 Å². The summed E-state index contributed by atoms with van der Waals surface area (Å²) in [4.78, 5) is 30.6. The van der Waals surface area contributed by atoms with Crippen molar-refractivity contribution in [1.29, 1.82) is 0 Å². The Hall–Kier alpha value is -2.79. The summed E-state index contributed by atoms with van der Waals surface area (Å²) in [6, 6.07) is 8.04. The molecule has 0 bridgehead atoms. The number of halogens is 2. The third-order valence-electron chi connectivity index (χ3n) is 5.13. The third-order valence-corrected chi connectivity index (χ3v) is 6.86. The van der Waals surface area contributed by atoms with E-state index in [1.54, 1.807) is 50.2 Å². The Morgan fingerprint density at radius 1 is 1.23 bits per heavy atom. The summed E-state index contributed by atoms with van der Waals surface area (Å²) in [6.07, 6.45) is 1.58. The number of nitrogens with zero attached hydrogens (tertiary/aromatic N) is 3. The van der Waals surface area contributed by atoms with Crippen LogP contribution in [-0.4, -0.2) is 64.4 Å². The van der Waals surface area contributed by atoms with Crippen LogP contribution < -0.4 is 15.4 Å². The van der Waals surface area contributed by atoms with Crippen molar-refractivity contribution in [2.75, 3.05) is 37.1 Å². The SMILES string of the molecule is COCCNC(=O)c1cc(Cl)cc(C)c1NC(=O)c1cc(OC2CSC2)nn1-c1ncccc1Cl. The van der Waals surface area contributed by atoms with Crippen LogP contribution in [0.1, 0.15) is 26.4 Å². The van der Waals surface area contributed by atoms with Gasteiger partial charge < -0.3 is 20.1 Å². The topological polar surface area (TPSA) is 107 Å². The van der Waals surface area contributed by atoms with Gasteiger partial charge >= 0.3 is 0 Å². The lowest BCUT2D eigenvalue weighted by Gasteiger charge is -2.24. The van der Waals surface area contributed by atoms with Gasteiger partial charge in [-0.1, -0.05) is 23.2 Å². The van der Waals surface area contributed by atoms with Gasteiger partial charge in [-0.15, -0.1) is 5.10 Å². The largest absolute Gasteiger partial charge is 0.472 e. The van der Waals surface area contributed by atoms with Crippen LogP contribution in [0.15, 0.2) is 36.5 Å². The van der Waals surface area contributed by atoms with E-state index in [1.807, 2.05) is 0 Å². The molecule has 1 aromatic carbocycles. The molecule has 0 atom stereocenters. The summed E-state index contributed by atoms with van der Waals surface area (Å²) in [7, 11) is 1.54. The van der Waals surface area contributed by atoms with Crippen molar-refractivity contribution >= 4 is 52.5 Å². The molecule has 184 valence electrons. The highest BCUT2D eigenvalue weighted by Crippen LogP contribution is 2.29. The monoisotopic (exact) mass is 535 g/mol. The number of methoxy groups -OCH3 is 1. The Kier molecular flexibility index (Phi) is 8.17. The van der Waals surface area contributed by atoms with E-state index < -0.39 is 11.8 Å². The molecule has 12 heteroatoms. The lowest BCUT2D eigenvalue weighted by Crippen LogP contribution is -2.31. The predicted molar refractivity (Wildman–Crippen MR) is 136 cm³/mol. The number of rotatable bonds is 9. The van der Waals surface area contributed by atoms with E-state index in [0.29, 0.717) is 34.4 Å². The van der Waals surface area contributed by atoms with Gasteiger partial charge in [0.25, 0.3) is 11.8 Å². The first-order chi connectivity index (χ1) is 16.9. The molecule has 35 heavy (non-hydrogen) atoms. The minimum Gasteiger partial charge on any atom is -0.472 e. The van der Waals surface area contributed by atoms with Gasteiger partial charge in [0, 0.05) is 42.4 Å². The highest BCUT2D eigenvalue weighted by Gasteiger charge is 2.26. The second kappa shape index (κ2) is 11.3. The zero-order valence-electron chi connectivity index (χ0n) is 19.0. The van der Waals surface area contributed by atoms with E-state index in [-0.39, 0.29) is 29.1 Å². The molecule has 2 N–H and O–H groups in total. The van der Waals surface area contributed by atoms with E-state index in [0.717, 1.165) is 11.5 Å². The minimum absolute atomic E-state index is 0.0272. The van der Waals surface area contributed by atoms with Crippen LogP contribution >= 0.6 is 35.0 Å². The number of carbonyl (C=O) groups excluding carboxylic acids is 2. The highest BCUT2D eigenvalue weighted by atomic mass is 35.5. The van der Waals surface area contributed by atoms with E-state index in [1.165, 1.54) is 16.8 Å². The first-order valence-corrected chi connectivity index (χ1v) is 12.6. The molecular weight excluding hydrogens is 513 g/mol. The molecule has 3 heterocycles. The maximum atomic E-state index is 13.5. The van der Waals surface area contributed by atoms with Gasteiger partial charge in [-0.2, -0.15) is 11.8 Å². The smallest absolute Gasteiger partial charge is 0.274 e. The summed E-state index contributed by atoms with van der Waals surface area (Å²) in [5.41, 5.74) is 1.32. The summed E-state index contributed by atoms with van der Waals surface area (Å²) in [5.74, 6) is 1.35. The number of hydrogen-bond donors (Lipinski definition) is 2. The van der Waals surface area contributed by atoms with Gasteiger partial charge in [0.2, 0.25) is 5.88 Å². The van der Waals surface area contributed by atoms with Crippen molar-refractivity contribution in [2.24, 2.45) is 0 Å². The van der Waals surface area contributed by atoms with Crippen LogP contribution in [0.2, 0.25) is 10.0 Å². The van der Waals surface area contributed by atoms with Crippen molar-refractivity contribution in [3.05, 3.63) is 63.4 Å². The molecule has 0 saturated carbocycles. The van der Waals surface area contributed by atoms with Gasteiger partial charge in [-0.3, -0.25) is 9.59 Å². The third kappa shape index (κ3) is 5.90. The maximum absolute atomic E-state index is 13.5. The number of amides is 2. The number of ether oxygens (including phenoxy) is 2. The maximum Gasteiger partial charge on any atom is 0.274 e. The molecule has 0 aliphatic carbocycles. The molecule has 2 aromatic heterocycles. The fourth-order valence-electron chi connectivity index (χ4n) is 3.35. The summed E-state index contributed by atoms with van der Waals surface area (Å²) in [5, 5.41) is 10.7. The molecule has 3 aromatic rings. The number of thioether (sulfide) groups is 1. The lowest BCUT2D eigenvalue weighted by molar-refractivity contribution is 0.0938. The summed E-state index contributed by atoms with van der Waals surface area (Å²) in [6.45, 7) is 2.40. The zero-order valence-corrected chi connectivity index (χ0v) is 21.3. The summed E-state index contributed by atoms with van der Waals surface area (Å²) < 4.78 is 12.2. The van der Waals surface area contributed by atoms with E-state index in [4.69, 9.17) is 32.7 Å². The van der Waals surface area contributed by atoms with Crippen LogP contribution in [0, 0.1) is 6.92 Å². The molecule has 0 spiro atoms. The standard InChI is InChI=1S/C23H23Cl2N5O4S/c1-13-8-14(24)9-16(22(31)27-6-7-33-2)20(13)28-23(32)18-10-19(34-15-11-35-12-15)29-30(18)21-17(25)4-3-5-26-21/h3-5,8-10,15H,6-7,11-12H2,1-2H3,(H,27,31)(H,28,32). The van der Waals surface area contributed by atoms with Gasteiger partial charge in [0.15, 0.2) is 5.82 Å².